The molecule has 0 aromatic heterocycles. The summed E-state index contributed by atoms with van der Waals surface area (Å²) in [5, 5.41) is 0. The van der Waals surface area contributed by atoms with Crippen molar-refractivity contribution in [2.24, 2.45) is 5.92 Å². The van der Waals surface area contributed by atoms with Gasteiger partial charge < -0.3 is 0 Å². The summed E-state index contributed by atoms with van der Waals surface area (Å²) in [6, 6.07) is 6.74. The number of halogens is 1. The second kappa shape index (κ2) is 6.92. The van der Waals surface area contributed by atoms with E-state index in [1.807, 2.05) is 19.1 Å². The molecule has 1 unspecified atom stereocenters. The first-order chi connectivity index (χ1) is 9.53. The van der Waals surface area contributed by atoms with Gasteiger partial charge in [0.2, 0.25) is 10.0 Å². The lowest BCUT2D eigenvalue weighted by atomic mass is 9.85. The Bertz CT molecular complexity index is 521. The summed E-state index contributed by atoms with van der Waals surface area (Å²) >= 11 is 5.99. The van der Waals surface area contributed by atoms with Crippen LogP contribution in [0.1, 0.15) is 37.7 Å². The van der Waals surface area contributed by atoms with E-state index in [2.05, 4.69) is 4.72 Å². The van der Waals surface area contributed by atoms with E-state index in [0.717, 1.165) is 18.4 Å². The lowest BCUT2D eigenvalue weighted by molar-refractivity contribution is 0.305. The molecule has 1 N–H and O–H groups in total. The second-order valence-corrected chi connectivity index (χ2v) is 7.62. The molecule has 1 aliphatic rings. The molecule has 0 radical (unpaired) electrons. The smallest absolute Gasteiger partial charge is 0.207 e. The van der Waals surface area contributed by atoms with Crippen LogP contribution in [-0.4, -0.2) is 20.3 Å². The van der Waals surface area contributed by atoms with Crippen molar-refractivity contribution < 1.29 is 8.42 Å². The maximum Gasteiger partial charge on any atom is 0.240 e. The number of nitrogens with one attached hydrogen (secondary N) is 1. The van der Waals surface area contributed by atoms with Crippen LogP contribution >= 0.6 is 11.6 Å². The fourth-order valence-corrected chi connectivity index (χ4v) is 4.50. The Kier molecular flexibility index (Phi) is 5.47. The highest BCUT2D eigenvalue weighted by molar-refractivity contribution is 7.89. The maximum absolute atomic E-state index is 12.4. The molecule has 0 saturated heterocycles. The highest BCUT2D eigenvalue weighted by atomic mass is 35.5. The summed E-state index contributed by atoms with van der Waals surface area (Å²) in [6.45, 7) is 1.94. The Labute approximate surface area is 126 Å². The Morgan fingerprint density at radius 3 is 2.35 bits per heavy atom. The number of rotatable bonds is 5. The molecule has 0 amide bonds. The summed E-state index contributed by atoms with van der Waals surface area (Å²) in [7, 11) is -3.47. The molecule has 1 aliphatic carbocycles. The van der Waals surface area contributed by atoms with E-state index >= 15 is 0 Å². The van der Waals surface area contributed by atoms with Crippen molar-refractivity contribution in [1.29, 1.82) is 0 Å². The number of hydrogen-bond donors (Lipinski definition) is 1. The Morgan fingerprint density at radius 2 is 1.80 bits per heavy atom. The van der Waals surface area contributed by atoms with Gasteiger partial charge in [0.05, 0.1) is 4.90 Å². The lowest BCUT2D eigenvalue weighted by Crippen LogP contribution is -2.42. The van der Waals surface area contributed by atoms with Crippen LogP contribution in [0.2, 0.25) is 0 Å². The SMILES string of the molecule is Cc1ccc(S(=O)(=O)NC(CCl)C2CCCCC2)cc1. The average molecular weight is 316 g/mol. The van der Waals surface area contributed by atoms with Crippen LogP contribution in [0.5, 0.6) is 0 Å². The van der Waals surface area contributed by atoms with Crippen LogP contribution < -0.4 is 4.72 Å². The zero-order valence-corrected chi connectivity index (χ0v) is 13.4. The predicted octanol–water partition coefficient (Wildman–Crippen LogP) is 3.46. The molecule has 0 heterocycles. The second-order valence-electron chi connectivity index (χ2n) is 5.59. The van der Waals surface area contributed by atoms with Gasteiger partial charge in [0, 0.05) is 11.9 Å². The van der Waals surface area contributed by atoms with Gasteiger partial charge in [-0.25, -0.2) is 13.1 Å². The topological polar surface area (TPSA) is 46.2 Å². The standard InChI is InChI=1S/C15H22ClNO2S/c1-12-7-9-14(10-8-12)20(18,19)17-15(11-16)13-5-3-2-4-6-13/h7-10,13,15,17H,2-6,11H2,1H3. The number of hydrogen-bond acceptors (Lipinski definition) is 2. The Morgan fingerprint density at radius 1 is 1.20 bits per heavy atom. The molecule has 1 aromatic rings. The van der Waals surface area contributed by atoms with E-state index in [1.54, 1.807) is 12.1 Å². The number of alkyl halides is 1. The highest BCUT2D eigenvalue weighted by Crippen LogP contribution is 2.28. The van der Waals surface area contributed by atoms with Crippen LogP contribution in [0, 0.1) is 12.8 Å². The van der Waals surface area contributed by atoms with Gasteiger partial charge in [-0.05, 0) is 37.8 Å². The van der Waals surface area contributed by atoms with Gasteiger partial charge in [-0.1, -0.05) is 37.0 Å². The molecule has 5 heteroatoms. The van der Waals surface area contributed by atoms with Crippen LogP contribution in [0.25, 0.3) is 0 Å². The molecule has 1 saturated carbocycles. The van der Waals surface area contributed by atoms with Crippen molar-refractivity contribution in [3.8, 4) is 0 Å². The molecule has 1 fully saturated rings. The van der Waals surface area contributed by atoms with E-state index in [-0.39, 0.29) is 6.04 Å². The highest BCUT2D eigenvalue weighted by Gasteiger charge is 2.27. The molecular weight excluding hydrogens is 294 g/mol. The lowest BCUT2D eigenvalue weighted by Gasteiger charge is -2.29. The van der Waals surface area contributed by atoms with E-state index in [9.17, 15) is 8.42 Å². The molecule has 1 aromatic carbocycles. The van der Waals surface area contributed by atoms with Crippen molar-refractivity contribution >= 4 is 21.6 Å². The summed E-state index contributed by atoms with van der Waals surface area (Å²) < 4.78 is 27.6. The summed E-state index contributed by atoms with van der Waals surface area (Å²) in [6.07, 6.45) is 5.71. The fourth-order valence-electron chi connectivity index (χ4n) is 2.77. The Balaban J connectivity index is 2.10. The first-order valence-corrected chi connectivity index (χ1v) is 9.19. The van der Waals surface area contributed by atoms with Gasteiger partial charge in [-0.3, -0.25) is 0 Å². The monoisotopic (exact) mass is 315 g/mol. The van der Waals surface area contributed by atoms with Crippen molar-refractivity contribution in [2.75, 3.05) is 5.88 Å². The third-order valence-corrected chi connectivity index (χ3v) is 5.86. The van der Waals surface area contributed by atoms with E-state index in [0.29, 0.717) is 16.7 Å². The molecule has 2 rings (SSSR count). The van der Waals surface area contributed by atoms with Crippen molar-refractivity contribution in [2.45, 2.75) is 50.0 Å². The Hall–Kier alpha value is -0.580. The quantitative estimate of drug-likeness (QED) is 0.846. The van der Waals surface area contributed by atoms with Crippen LogP contribution in [0.4, 0.5) is 0 Å². The molecule has 1 atom stereocenters. The minimum Gasteiger partial charge on any atom is -0.207 e. The molecular formula is C15H22ClNO2S. The van der Waals surface area contributed by atoms with Gasteiger partial charge in [0.1, 0.15) is 0 Å². The average Bonchev–Trinajstić information content (AvgIpc) is 2.46. The van der Waals surface area contributed by atoms with Crippen molar-refractivity contribution in [3.05, 3.63) is 29.8 Å². The number of sulfonamides is 1. The normalized spacial score (nSPS) is 18.9. The molecule has 3 nitrogen and oxygen atoms in total. The predicted molar refractivity (Wildman–Crippen MR) is 82.6 cm³/mol. The van der Waals surface area contributed by atoms with Gasteiger partial charge in [-0.2, -0.15) is 0 Å². The van der Waals surface area contributed by atoms with E-state index in [4.69, 9.17) is 11.6 Å². The van der Waals surface area contributed by atoms with Gasteiger partial charge in [0.25, 0.3) is 0 Å². The largest absolute Gasteiger partial charge is 0.240 e. The third-order valence-electron chi connectivity index (χ3n) is 4.02. The summed E-state index contributed by atoms with van der Waals surface area (Å²) in [4.78, 5) is 0.314. The zero-order chi connectivity index (χ0) is 14.6. The zero-order valence-electron chi connectivity index (χ0n) is 11.8. The van der Waals surface area contributed by atoms with Crippen molar-refractivity contribution in [1.82, 2.24) is 4.72 Å². The number of aryl methyl sites for hydroxylation is 1. The summed E-state index contributed by atoms with van der Waals surface area (Å²) in [5.41, 5.74) is 1.05. The fraction of sp³-hybridized carbons (Fsp3) is 0.600. The van der Waals surface area contributed by atoms with E-state index in [1.165, 1.54) is 19.3 Å². The van der Waals surface area contributed by atoms with E-state index < -0.39 is 10.0 Å². The number of benzene rings is 1. The van der Waals surface area contributed by atoms with Crippen LogP contribution in [-0.2, 0) is 10.0 Å². The molecule has 20 heavy (non-hydrogen) atoms. The first kappa shape index (κ1) is 15.8. The van der Waals surface area contributed by atoms with Crippen molar-refractivity contribution in [3.63, 3.8) is 0 Å². The maximum atomic E-state index is 12.4. The molecule has 0 aliphatic heterocycles. The first-order valence-electron chi connectivity index (χ1n) is 7.18. The van der Waals surface area contributed by atoms with Gasteiger partial charge in [-0.15, -0.1) is 11.6 Å². The minimum atomic E-state index is -3.47. The molecule has 0 spiro atoms. The van der Waals surface area contributed by atoms with Gasteiger partial charge in [0.15, 0.2) is 0 Å². The van der Waals surface area contributed by atoms with Crippen LogP contribution in [0.15, 0.2) is 29.2 Å². The van der Waals surface area contributed by atoms with Gasteiger partial charge >= 0.3 is 0 Å². The molecule has 112 valence electrons. The minimum absolute atomic E-state index is 0.164. The molecule has 0 bridgehead atoms. The third kappa shape index (κ3) is 3.96. The summed E-state index contributed by atoms with van der Waals surface area (Å²) in [5.74, 6) is 0.692. The van der Waals surface area contributed by atoms with Crippen LogP contribution in [0.3, 0.4) is 0 Å².